The normalized spacial score (nSPS) is 10.8. The third-order valence-electron chi connectivity index (χ3n) is 4.75. The maximum Gasteiger partial charge on any atom is 0.259 e. The summed E-state index contributed by atoms with van der Waals surface area (Å²) in [4.78, 5) is 31.6. The van der Waals surface area contributed by atoms with E-state index in [0.29, 0.717) is 33.0 Å². The van der Waals surface area contributed by atoms with Gasteiger partial charge >= 0.3 is 0 Å². The van der Waals surface area contributed by atoms with Crippen LogP contribution in [0.4, 0.5) is 5.69 Å². The van der Waals surface area contributed by atoms with Crippen molar-refractivity contribution in [2.24, 2.45) is 0 Å². The highest BCUT2D eigenvalue weighted by Crippen LogP contribution is 2.27. The van der Waals surface area contributed by atoms with Crippen LogP contribution in [-0.2, 0) is 4.79 Å². The monoisotopic (exact) mass is 434 g/mol. The molecule has 2 heterocycles. The molecule has 156 valence electrons. The summed E-state index contributed by atoms with van der Waals surface area (Å²) < 4.78 is 5.33. The number of fused-ring (bicyclic) bond motifs is 1. The van der Waals surface area contributed by atoms with Gasteiger partial charge in [0.25, 0.3) is 11.6 Å². The summed E-state index contributed by atoms with van der Waals surface area (Å²) in [5.74, 6) is -0.675. The van der Waals surface area contributed by atoms with E-state index in [2.05, 4.69) is 15.5 Å². The fourth-order valence-electron chi connectivity index (χ4n) is 3.28. The van der Waals surface area contributed by atoms with Gasteiger partial charge < -0.3 is 14.7 Å². The number of benzene rings is 2. The predicted molar refractivity (Wildman–Crippen MR) is 119 cm³/mol. The zero-order valence-corrected chi connectivity index (χ0v) is 17.7. The molecule has 1 N–H and O–H groups in total. The predicted octanol–water partition coefficient (Wildman–Crippen LogP) is 4.56. The maximum absolute atomic E-state index is 13.3. The first-order valence-electron chi connectivity index (χ1n) is 9.55. The van der Waals surface area contributed by atoms with Crippen molar-refractivity contribution in [3.8, 4) is 11.3 Å². The first-order chi connectivity index (χ1) is 14.9. The molecule has 0 aliphatic heterocycles. The highest BCUT2D eigenvalue weighted by molar-refractivity contribution is 6.30. The Labute approximate surface area is 183 Å². The van der Waals surface area contributed by atoms with Crippen molar-refractivity contribution in [1.29, 1.82) is 0 Å². The first-order valence-corrected chi connectivity index (χ1v) is 9.93. The zero-order valence-electron chi connectivity index (χ0n) is 16.9. The number of hydrogen-bond donors (Lipinski definition) is 1. The van der Waals surface area contributed by atoms with E-state index in [0.717, 1.165) is 5.56 Å². The van der Waals surface area contributed by atoms with E-state index in [1.807, 2.05) is 30.3 Å². The summed E-state index contributed by atoms with van der Waals surface area (Å²) in [5.41, 5.74) is 3.20. The molecule has 0 bridgehead atoms. The highest BCUT2D eigenvalue weighted by atomic mass is 35.5. The van der Waals surface area contributed by atoms with Crippen LogP contribution in [0.3, 0.4) is 0 Å². The van der Waals surface area contributed by atoms with Crippen molar-refractivity contribution in [2.45, 2.75) is 6.92 Å². The standard InChI is InChI=1S/C23H19ClN4O3/c1-14-21-18(12-19(26-22(21)31-27-14)15-7-4-3-5-8-15)23(30)28(2)13-20(29)25-17-10-6-9-16(24)11-17/h3-12H,13H2,1-2H3,(H,25,29). The number of anilines is 1. The molecule has 0 aliphatic rings. The summed E-state index contributed by atoms with van der Waals surface area (Å²) >= 11 is 5.95. The number of carbonyl (C=O) groups is 2. The Bertz CT molecular complexity index is 1270. The number of carbonyl (C=O) groups excluding carboxylic acids is 2. The number of likely N-dealkylation sites (N-methyl/N-ethyl adjacent to an activating group) is 1. The molecule has 0 radical (unpaired) electrons. The Morgan fingerprint density at radius 2 is 1.87 bits per heavy atom. The van der Waals surface area contributed by atoms with Crippen LogP contribution in [0, 0.1) is 6.92 Å². The molecule has 2 aromatic heterocycles. The van der Waals surface area contributed by atoms with Gasteiger partial charge in [-0.25, -0.2) is 4.98 Å². The van der Waals surface area contributed by atoms with Gasteiger partial charge in [0.15, 0.2) is 0 Å². The van der Waals surface area contributed by atoms with Crippen molar-refractivity contribution >= 4 is 40.2 Å². The van der Waals surface area contributed by atoms with Gasteiger partial charge in [0.1, 0.15) is 0 Å². The lowest BCUT2D eigenvalue weighted by Gasteiger charge is -2.18. The van der Waals surface area contributed by atoms with Gasteiger partial charge in [0, 0.05) is 23.3 Å². The summed E-state index contributed by atoms with van der Waals surface area (Å²) in [5, 5.41) is 7.74. The van der Waals surface area contributed by atoms with Gasteiger partial charge in [-0.15, -0.1) is 0 Å². The Kier molecular flexibility index (Phi) is 5.68. The molecule has 0 saturated heterocycles. The summed E-state index contributed by atoms with van der Waals surface area (Å²) in [7, 11) is 1.57. The average molecular weight is 435 g/mol. The molecular formula is C23H19ClN4O3. The molecule has 31 heavy (non-hydrogen) atoms. The average Bonchev–Trinajstić information content (AvgIpc) is 3.14. The second-order valence-electron chi connectivity index (χ2n) is 7.09. The van der Waals surface area contributed by atoms with Crippen molar-refractivity contribution in [3.05, 3.63) is 76.9 Å². The van der Waals surface area contributed by atoms with E-state index in [1.165, 1.54) is 4.90 Å². The molecule has 0 unspecified atom stereocenters. The van der Waals surface area contributed by atoms with Gasteiger partial charge in [-0.05, 0) is 31.2 Å². The SMILES string of the molecule is Cc1noc2nc(-c3ccccc3)cc(C(=O)N(C)CC(=O)Nc3cccc(Cl)c3)c12. The molecule has 2 aromatic carbocycles. The van der Waals surface area contributed by atoms with E-state index in [-0.39, 0.29) is 24.1 Å². The first kappa shape index (κ1) is 20.6. The summed E-state index contributed by atoms with van der Waals surface area (Å²) in [6.45, 7) is 1.61. The minimum atomic E-state index is -0.339. The van der Waals surface area contributed by atoms with Gasteiger partial charge in [-0.1, -0.05) is 53.2 Å². The lowest BCUT2D eigenvalue weighted by molar-refractivity contribution is -0.116. The van der Waals surface area contributed by atoms with E-state index < -0.39 is 0 Å². The number of amides is 2. The quantitative estimate of drug-likeness (QED) is 0.497. The summed E-state index contributed by atoms with van der Waals surface area (Å²) in [6.07, 6.45) is 0. The number of halogens is 1. The van der Waals surface area contributed by atoms with Crippen LogP contribution < -0.4 is 5.32 Å². The smallest absolute Gasteiger partial charge is 0.259 e. The highest BCUT2D eigenvalue weighted by Gasteiger charge is 2.23. The van der Waals surface area contributed by atoms with Crippen molar-refractivity contribution < 1.29 is 14.1 Å². The summed E-state index contributed by atoms with van der Waals surface area (Å²) in [6, 6.07) is 18.0. The molecule has 2 amide bonds. The van der Waals surface area contributed by atoms with Crippen molar-refractivity contribution in [2.75, 3.05) is 18.9 Å². The molecular weight excluding hydrogens is 416 g/mol. The molecule has 0 atom stereocenters. The third kappa shape index (κ3) is 4.41. The lowest BCUT2D eigenvalue weighted by atomic mass is 10.0. The Balaban J connectivity index is 1.61. The Hall–Kier alpha value is -3.71. The number of aromatic nitrogens is 2. The van der Waals surface area contributed by atoms with Gasteiger partial charge in [-0.3, -0.25) is 9.59 Å². The van der Waals surface area contributed by atoms with Gasteiger partial charge in [-0.2, -0.15) is 0 Å². The van der Waals surface area contributed by atoms with Gasteiger partial charge in [0.2, 0.25) is 5.91 Å². The van der Waals surface area contributed by atoms with Crippen LogP contribution >= 0.6 is 11.6 Å². The minimum absolute atomic E-state index is 0.139. The van der Waals surface area contributed by atoms with Crippen LogP contribution in [0.5, 0.6) is 0 Å². The number of aryl methyl sites for hydroxylation is 1. The number of hydrogen-bond acceptors (Lipinski definition) is 5. The van der Waals surface area contributed by atoms with Crippen LogP contribution in [-0.4, -0.2) is 40.4 Å². The number of nitrogens with zero attached hydrogens (tertiary/aromatic N) is 3. The van der Waals surface area contributed by atoms with Crippen LogP contribution in [0.1, 0.15) is 16.1 Å². The molecule has 4 rings (SSSR count). The van der Waals surface area contributed by atoms with Crippen molar-refractivity contribution in [1.82, 2.24) is 15.0 Å². The Morgan fingerprint density at radius 3 is 2.61 bits per heavy atom. The lowest BCUT2D eigenvalue weighted by Crippen LogP contribution is -2.35. The van der Waals surface area contributed by atoms with E-state index in [1.54, 1.807) is 44.3 Å². The largest absolute Gasteiger partial charge is 0.335 e. The fourth-order valence-corrected chi connectivity index (χ4v) is 3.47. The minimum Gasteiger partial charge on any atom is -0.335 e. The Morgan fingerprint density at radius 1 is 1.10 bits per heavy atom. The maximum atomic E-state index is 13.3. The molecule has 8 heteroatoms. The number of nitrogens with one attached hydrogen (secondary N) is 1. The van der Waals surface area contributed by atoms with Crippen LogP contribution in [0.15, 0.2) is 65.2 Å². The second kappa shape index (κ2) is 8.57. The molecule has 0 fully saturated rings. The number of pyridine rings is 1. The second-order valence-corrected chi connectivity index (χ2v) is 7.53. The fraction of sp³-hybridized carbons (Fsp3) is 0.130. The van der Waals surface area contributed by atoms with E-state index in [9.17, 15) is 9.59 Å². The van der Waals surface area contributed by atoms with Crippen LogP contribution in [0.2, 0.25) is 5.02 Å². The molecule has 4 aromatic rings. The third-order valence-corrected chi connectivity index (χ3v) is 4.99. The van der Waals surface area contributed by atoms with Gasteiger partial charge in [0.05, 0.1) is 28.9 Å². The van der Waals surface area contributed by atoms with E-state index >= 15 is 0 Å². The molecule has 0 aliphatic carbocycles. The molecule has 0 saturated carbocycles. The zero-order chi connectivity index (χ0) is 22.0. The van der Waals surface area contributed by atoms with Crippen molar-refractivity contribution in [3.63, 3.8) is 0 Å². The molecule has 7 nitrogen and oxygen atoms in total. The number of rotatable bonds is 5. The van der Waals surface area contributed by atoms with E-state index in [4.69, 9.17) is 16.1 Å². The molecule has 0 spiro atoms. The van der Waals surface area contributed by atoms with Crippen LogP contribution in [0.25, 0.3) is 22.4 Å². The topological polar surface area (TPSA) is 88.3 Å².